The minimum Gasteiger partial charge on any atom is -0.496 e. The summed E-state index contributed by atoms with van der Waals surface area (Å²) in [6, 6.07) is 5.05. The molecule has 1 aliphatic heterocycles. The van der Waals surface area contributed by atoms with Gasteiger partial charge >= 0.3 is 0 Å². The van der Waals surface area contributed by atoms with E-state index in [0.29, 0.717) is 37.3 Å². The van der Waals surface area contributed by atoms with Crippen LogP contribution in [-0.4, -0.2) is 66.3 Å². The minimum atomic E-state index is -3.83. The first-order valence-electron chi connectivity index (χ1n) is 15.8. The lowest BCUT2D eigenvalue weighted by Gasteiger charge is -2.32. The number of amides is 2. The molecule has 248 valence electrons. The molecule has 1 saturated heterocycles. The number of hydrogen-bond donors (Lipinski definition) is 3. The quantitative estimate of drug-likeness (QED) is 0.285. The number of rotatable bonds is 10. The van der Waals surface area contributed by atoms with Crippen molar-refractivity contribution < 1.29 is 27.5 Å². The average Bonchev–Trinajstić information content (AvgIpc) is 3.77. The van der Waals surface area contributed by atoms with Gasteiger partial charge in [0.2, 0.25) is 15.9 Å². The zero-order chi connectivity index (χ0) is 33.4. The molecule has 0 unspecified atom stereocenters. The summed E-state index contributed by atoms with van der Waals surface area (Å²) in [5.74, 6) is 0.393. The second-order valence-electron chi connectivity index (χ2n) is 14.2. The molecule has 3 N–H and O–H groups in total. The van der Waals surface area contributed by atoms with Crippen LogP contribution < -0.4 is 24.8 Å². The largest absolute Gasteiger partial charge is 0.496 e. The molecule has 3 heterocycles. The van der Waals surface area contributed by atoms with Gasteiger partial charge in [0.1, 0.15) is 33.8 Å². The smallest absolute Gasteiger partial charge is 0.259 e. The fraction of sp³-hybridized carbons (Fsp3) is 0.576. The van der Waals surface area contributed by atoms with E-state index < -0.39 is 43.8 Å². The van der Waals surface area contributed by atoms with Crippen LogP contribution in [0.5, 0.6) is 11.5 Å². The number of nitrogens with one attached hydrogen (secondary N) is 3. The van der Waals surface area contributed by atoms with Gasteiger partial charge in [-0.05, 0) is 57.1 Å². The Morgan fingerprint density at radius 1 is 1.13 bits per heavy atom. The van der Waals surface area contributed by atoms with Gasteiger partial charge in [0, 0.05) is 34.4 Å². The van der Waals surface area contributed by atoms with Crippen LogP contribution in [0.2, 0.25) is 0 Å². The molecule has 6 rings (SSSR count). The third-order valence-electron chi connectivity index (χ3n) is 10.2. The molecule has 4 atom stereocenters. The van der Waals surface area contributed by atoms with Crippen LogP contribution in [0.4, 0.5) is 0 Å². The molecule has 0 bridgehead atoms. The van der Waals surface area contributed by atoms with Gasteiger partial charge in [0.15, 0.2) is 0 Å². The summed E-state index contributed by atoms with van der Waals surface area (Å²) in [6.07, 6.45) is 0.976. The number of nitrogens with zero attached hydrogens (tertiary/aromatic N) is 2. The summed E-state index contributed by atoms with van der Waals surface area (Å²) in [4.78, 5) is 36.8. The fourth-order valence-electron chi connectivity index (χ4n) is 6.24. The normalized spacial score (nSPS) is 26.2. The number of fused-ring (bicyclic) bond motifs is 1. The van der Waals surface area contributed by atoms with Crippen molar-refractivity contribution in [3.63, 3.8) is 0 Å². The van der Waals surface area contributed by atoms with Gasteiger partial charge in [-0.1, -0.05) is 34.6 Å². The standard InChI is InChI=1S/C33H43N5O6S2/c1-17(2)22-16-45-29(36-22)21-13-24(20-9-10-23(43-8)19(4)26(20)35-21)44-25-15-34-27(31(25,5)6)28(39)37-33(14-18(33)3)30(40)38-46(41,42)32(7)11-12-32/h9-10,13,16-18,25,27,34H,11-12,14-15H2,1-8H3,(H,37,39)(H,38,40)/t18-,25+,27-,33-/m1/s1. The molecule has 13 heteroatoms. The summed E-state index contributed by atoms with van der Waals surface area (Å²) in [5.41, 5.74) is 1.36. The molecule has 1 aromatic carbocycles. The zero-order valence-electron chi connectivity index (χ0n) is 27.6. The van der Waals surface area contributed by atoms with Crippen molar-refractivity contribution in [1.29, 1.82) is 0 Å². The third-order valence-corrected chi connectivity index (χ3v) is 13.2. The lowest BCUT2D eigenvalue weighted by atomic mass is 9.82. The van der Waals surface area contributed by atoms with E-state index in [1.165, 1.54) is 11.3 Å². The van der Waals surface area contributed by atoms with Crippen molar-refractivity contribution in [1.82, 2.24) is 25.3 Å². The summed E-state index contributed by atoms with van der Waals surface area (Å²) in [5, 5.41) is 9.89. The number of carbonyl (C=O) groups excluding carboxylic acids is 2. The maximum Gasteiger partial charge on any atom is 0.259 e. The lowest BCUT2D eigenvalue weighted by Crippen LogP contribution is -2.58. The Hall–Kier alpha value is -3.29. The van der Waals surface area contributed by atoms with E-state index in [9.17, 15) is 18.0 Å². The van der Waals surface area contributed by atoms with Gasteiger partial charge < -0.3 is 20.1 Å². The molecule has 0 radical (unpaired) electrons. The van der Waals surface area contributed by atoms with E-state index in [-0.39, 0.29) is 17.7 Å². The Morgan fingerprint density at radius 2 is 1.83 bits per heavy atom. The fourth-order valence-corrected chi connectivity index (χ4v) is 8.49. The molecule has 46 heavy (non-hydrogen) atoms. The first-order chi connectivity index (χ1) is 21.5. The summed E-state index contributed by atoms with van der Waals surface area (Å²) < 4.78 is 39.2. The second kappa shape index (κ2) is 11.2. The van der Waals surface area contributed by atoms with Crippen LogP contribution in [0.25, 0.3) is 21.6 Å². The van der Waals surface area contributed by atoms with Gasteiger partial charge in [-0.15, -0.1) is 11.3 Å². The molecule has 2 amide bonds. The highest BCUT2D eigenvalue weighted by Gasteiger charge is 2.62. The van der Waals surface area contributed by atoms with E-state index in [0.717, 1.165) is 32.9 Å². The van der Waals surface area contributed by atoms with E-state index in [1.54, 1.807) is 14.0 Å². The molecule has 2 saturated carbocycles. The first kappa shape index (κ1) is 32.6. The Bertz CT molecular complexity index is 1830. The van der Waals surface area contributed by atoms with Crippen molar-refractivity contribution in [2.75, 3.05) is 13.7 Å². The van der Waals surface area contributed by atoms with Crippen LogP contribution in [0.3, 0.4) is 0 Å². The minimum absolute atomic E-state index is 0.195. The molecule has 2 aromatic heterocycles. The number of carbonyl (C=O) groups is 2. The van der Waals surface area contributed by atoms with Gasteiger partial charge in [0.25, 0.3) is 5.91 Å². The Labute approximate surface area is 274 Å². The Morgan fingerprint density at radius 3 is 2.41 bits per heavy atom. The number of hydrogen-bond acceptors (Lipinski definition) is 10. The van der Waals surface area contributed by atoms with Crippen LogP contribution in [0.1, 0.15) is 78.0 Å². The molecule has 3 fully saturated rings. The first-order valence-corrected chi connectivity index (χ1v) is 18.1. The highest BCUT2D eigenvalue weighted by Crippen LogP contribution is 2.47. The van der Waals surface area contributed by atoms with Gasteiger partial charge in [0.05, 0.1) is 29.1 Å². The van der Waals surface area contributed by atoms with Gasteiger partial charge in [-0.25, -0.2) is 18.4 Å². The molecule has 3 aliphatic rings. The Kier molecular flexibility index (Phi) is 7.92. The predicted molar refractivity (Wildman–Crippen MR) is 178 cm³/mol. The molecule has 11 nitrogen and oxygen atoms in total. The van der Waals surface area contributed by atoms with Crippen molar-refractivity contribution in [3.05, 3.63) is 34.8 Å². The zero-order valence-corrected chi connectivity index (χ0v) is 29.2. The number of ether oxygens (including phenoxy) is 2. The molecule has 0 spiro atoms. The number of methoxy groups -OCH3 is 1. The summed E-state index contributed by atoms with van der Waals surface area (Å²) in [7, 11) is -2.20. The number of aromatic nitrogens is 2. The lowest BCUT2D eigenvalue weighted by molar-refractivity contribution is -0.132. The molecular weight excluding hydrogens is 627 g/mol. The van der Waals surface area contributed by atoms with Crippen molar-refractivity contribution >= 4 is 44.1 Å². The predicted octanol–water partition coefficient (Wildman–Crippen LogP) is 4.44. The molecular formula is C33H43N5O6S2. The summed E-state index contributed by atoms with van der Waals surface area (Å²) >= 11 is 1.54. The van der Waals surface area contributed by atoms with E-state index in [2.05, 4.69) is 29.2 Å². The highest BCUT2D eigenvalue weighted by molar-refractivity contribution is 7.91. The Balaban J connectivity index is 1.25. The van der Waals surface area contributed by atoms with Crippen LogP contribution in [0.15, 0.2) is 23.6 Å². The number of pyridine rings is 1. The number of thiazole rings is 1. The van der Waals surface area contributed by atoms with E-state index in [1.807, 2.05) is 51.3 Å². The highest BCUT2D eigenvalue weighted by atomic mass is 32.2. The van der Waals surface area contributed by atoms with Crippen molar-refractivity contribution in [2.45, 2.75) is 96.1 Å². The van der Waals surface area contributed by atoms with Crippen LogP contribution in [-0.2, 0) is 19.6 Å². The number of aryl methyl sites for hydroxylation is 1. The van der Waals surface area contributed by atoms with Crippen molar-refractivity contribution in [2.24, 2.45) is 11.3 Å². The number of benzene rings is 1. The molecule has 3 aromatic rings. The SMILES string of the molecule is COc1ccc2c(O[C@H]3CN[C@H](C(=O)N[C@]4(C(=O)NS(=O)(=O)C5(C)CC5)C[C@H]4C)C3(C)C)cc(-c3nc(C(C)C)cs3)nc2c1C. The third kappa shape index (κ3) is 5.43. The average molecular weight is 670 g/mol. The maximum atomic E-state index is 13.8. The van der Waals surface area contributed by atoms with Crippen LogP contribution >= 0.6 is 11.3 Å². The van der Waals surface area contributed by atoms with Gasteiger partial charge in [-0.2, -0.15) is 0 Å². The second-order valence-corrected chi connectivity index (χ2v) is 17.3. The number of sulfonamides is 1. The van der Waals surface area contributed by atoms with Crippen molar-refractivity contribution in [3.8, 4) is 22.2 Å². The topological polar surface area (TPSA) is 149 Å². The van der Waals surface area contributed by atoms with E-state index in [4.69, 9.17) is 19.4 Å². The maximum absolute atomic E-state index is 13.8. The molecule has 2 aliphatic carbocycles. The van der Waals surface area contributed by atoms with Crippen LogP contribution in [0, 0.1) is 18.3 Å². The monoisotopic (exact) mass is 669 g/mol. The van der Waals surface area contributed by atoms with Gasteiger partial charge in [-0.3, -0.25) is 14.3 Å². The van der Waals surface area contributed by atoms with E-state index >= 15 is 0 Å². The summed E-state index contributed by atoms with van der Waals surface area (Å²) in [6.45, 7) is 13.9.